The number of hydrogen-bond donors (Lipinski definition) is 0. The number of thiazole rings is 1. The highest BCUT2D eigenvalue weighted by atomic mass is 32.2. The Kier molecular flexibility index (Phi) is 5.84. The molecule has 1 aromatic carbocycles. The van der Waals surface area contributed by atoms with Gasteiger partial charge in [-0.2, -0.15) is 0 Å². The van der Waals surface area contributed by atoms with Gasteiger partial charge in [0.2, 0.25) is 0 Å². The molecule has 0 bridgehead atoms. The van der Waals surface area contributed by atoms with Crippen molar-refractivity contribution < 1.29 is 8.95 Å². The Labute approximate surface area is 144 Å². The van der Waals surface area contributed by atoms with Crippen LogP contribution in [0.5, 0.6) is 5.75 Å². The Morgan fingerprint density at radius 1 is 1.26 bits per heavy atom. The van der Waals surface area contributed by atoms with Crippen LogP contribution in [0.3, 0.4) is 0 Å². The lowest BCUT2D eigenvalue weighted by molar-refractivity contribution is 0.337. The second-order valence-electron chi connectivity index (χ2n) is 5.93. The number of para-hydroxylation sites is 1. The first-order chi connectivity index (χ1) is 11.3. The van der Waals surface area contributed by atoms with Gasteiger partial charge in [-0.3, -0.25) is 4.21 Å². The minimum atomic E-state index is -0.960. The zero-order valence-electron chi connectivity index (χ0n) is 13.5. The van der Waals surface area contributed by atoms with Crippen molar-refractivity contribution in [2.75, 3.05) is 6.61 Å². The second-order valence-corrected chi connectivity index (χ2v) is 8.27. The van der Waals surface area contributed by atoms with E-state index in [-0.39, 0.29) is 0 Å². The first-order valence-corrected chi connectivity index (χ1v) is 10.6. The quantitative estimate of drug-likeness (QED) is 0.730. The van der Waals surface area contributed by atoms with Gasteiger partial charge in [-0.25, -0.2) is 4.98 Å². The van der Waals surface area contributed by atoms with Crippen LogP contribution in [0.2, 0.25) is 0 Å². The third kappa shape index (κ3) is 4.42. The van der Waals surface area contributed by atoms with Crippen molar-refractivity contribution in [3.63, 3.8) is 0 Å². The summed E-state index contributed by atoms with van der Waals surface area (Å²) in [5.41, 5.74) is 1.99. The predicted molar refractivity (Wildman–Crippen MR) is 96.5 cm³/mol. The lowest BCUT2D eigenvalue weighted by Crippen LogP contribution is -2.03. The molecular formula is C18H23NO2S2. The van der Waals surface area contributed by atoms with E-state index >= 15 is 0 Å². The lowest BCUT2D eigenvalue weighted by atomic mass is 10.1. The summed E-state index contributed by atoms with van der Waals surface area (Å²) < 4.78 is 18.1. The minimum Gasteiger partial charge on any atom is -0.494 e. The van der Waals surface area contributed by atoms with Gasteiger partial charge in [-0.05, 0) is 25.8 Å². The van der Waals surface area contributed by atoms with E-state index in [2.05, 4.69) is 5.38 Å². The largest absolute Gasteiger partial charge is 0.494 e. The third-order valence-electron chi connectivity index (χ3n) is 4.17. The van der Waals surface area contributed by atoms with Crippen LogP contribution < -0.4 is 4.74 Å². The fourth-order valence-electron chi connectivity index (χ4n) is 3.06. The second kappa shape index (κ2) is 8.06. The van der Waals surface area contributed by atoms with E-state index in [1.165, 1.54) is 30.7 Å². The maximum atomic E-state index is 12.5. The van der Waals surface area contributed by atoms with Gasteiger partial charge < -0.3 is 4.74 Å². The number of rotatable bonds is 7. The Morgan fingerprint density at radius 3 is 2.83 bits per heavy atom. The van der Waals surface area contributed by atoms with Gasteiger partial charge >= 0.3 is 0 Å². The molecule has 1 atom stereocenters. The zero-order chi connectivity index (χ0) is 16.1. The van der Waals surface area contributed by atoms with E-state index in [1.807, 2.05) is 31.2 Å². The van der Waals surface area contributed by atoms with E-state index in [4.69, 9.17) is 9.72 Å². The maximum Gasteiger partial charge on any atom is 0.123 e. The molecule has 0 amide bonds. The lowest BCUT2D eigenvalue weighted by Gasteiger charge is -2.09. The van der Waals surface area contributed by atoms with Crippen LogP contribution in [0, 0.1) is 0 Å². The van der Waals surface area contributed by atoms with Crippen molar-refractivity contribution in [2.24, 2.45) is 0 Å². The smallest absolute Gasteiger partial charge is 0.123 e. The highest BCUT2D eigenvalue weighted by molar-refractivity contribution is 7.83. The topological polar surface area (TPSA) is 39.2 Å². The summed E-state index contributed by atoms with van der Waals surface area (Å²) >= 11 is 1.74. The van der Waals surface area contributed by atoms with Gasteiger partial charge in [0.25, 0.3) is 0 Å². The molecule has 0 radical (unpaired) electrons. The first-order valence-electron chi connectivity index (χ1n) is 8.26. The molecule has 1 aliphatic rings. The number of benzene rings is 1. The van der Waals surface area contributed by atoms with Crippen molar-refractivity contribution in [1.82, 2.24) is 4.98 Å². The third-order valence-corrected chi connectivity index (χ3v) is 6.48. The summed E-state index contributed by atoms with van der Waals surface area (Å²) in [6.07, 6.45) is 5.16. The number of ether oxygens (including phenoxy) is 1. The fraction of sp³-hybridized carbons (Fsp3) is 0.500. The molecule has 23 heavy (non-hydrogen) atoms. The SMILES string of the molecule is CCOc1ccccc1C[S@@](=O)Cc1csc(C2CCCC2)n1. The van der Waals surface area contributed by atoms with Gasteiger partial charge in [-0.1, -0.05) is 31.0 Å². The van der Waals surface area contributed by atoms with Crippen LogP contribution in [0.4, 0.5) is 0 Å². The molecule has 3 rings (SSSR count). The van der Waals surface area contributed by atoms with Crippen LogP contribution in [0.25, 0.3) is 0 Å². The van der Waals surface area contributed by atoms with E-state index in [0.29, 0.717) is 24.0 Å². The van der Waals surface area contributed by atoms with Crippen LogP contribution in [-0.4, -0.2) is 15.8 Å². The zero-order valence-corrected chi connectivity index (χ0v) is 15.1. The number of hydrogen-bond acceptors (Lipinski definition) is 4. The van der Waals surface area contributed by atoms with Crippen molar-refractivity contribution in [3.8, 4) is 5.75 Å². The average molecular weight is 350 g/mol. The first kappa shape index (κ1) is 16.7. The minimum absolute atomic E-state index is 0.520. The Morgan fingerprint density at radius 2 is 2.04 bits per heavy atom. The summed E-state index contributed by atoms with van der Waals surface area (Å²) in [6.45, 7) is 2.59. The molecule has 1 saturated carbocycles. The molecule has 124 valence electrons. The van der Waals surface area contributed by atoms with Gasteiger partial charge in [0.1, 0.15) is 5.75 Å². The summed E-state index contributed by atoms with van der Waals surface area (Å²) in [4.78, 5) is 4.73. The molecule has 0 spiro atoms. The standard InChI is InChI=1S/C18H23NO2S2/c1-2-21-17-10-6-5-9-15(17)12-23(20)13-16-11-22-18(19-16)14-7-3-4-8-14/h5-6,9-11,14H,2-4,7-8,12-13H2,1H3/t23-/m1/s1. The maximum absolute atomic E-state index is 12.5. The van der Waals surface area contributed by atoms with Crippen molar-refractivity contribution in [1.29, 1.82) is 0 Å². The number of aromatic nitrogens is 1. The predicted octanol–water partition coefficient (Wildman–Crippen LogP) is 4.65. The van der Waals surface area contributed by atoms with Crippen LogP contribution in [-0.2, 0) is 22.3 Å². The van der Waals surface area contributed by atoms with Crippen molar-refractivity contribution >= 4 is 22.1 Å². The molecule has 0 unspecified atom stereocenters. The monoisotopic (exact) mass is 349 g/mol. The number of nitrogens with zero attached hydrogens (tertiary/aromatic N) is 1. The highest BCUT2D eigenvalue weighted by Gasteiger charge is 2.20. The van der Waals surface area contributed by atoms with E-state index in [1.54, 1.807) is 11.3 Å². The molecule has 1 fully saturated rings. The molecule has 1 aromatic heterocycles. The van der Waals surface area contributed by atoms with Gasteiger partial charge in [0.05, 0.1) is 28.8 Å². The van der Waals surface area contributed by atoms with E-state index in [0.717, 1.165) is 17.0 Å². The van der Waals surface area contributed by atoms with Gasteiger partial charge in [0, 0.05) is 27.7 Å². The summed E-state index contributed by atoms with van der Waals surface area (Å²) in [5.74, 6) is 2.53. The van der Waals surface area contributed by atoms with Crippen LogP contribution in [0.15, 0.2) is 29.6 Å². The molecule has 1 aliphatic carbocycles. The van der Waals surface area contributed by atoms with E-state index in [9.17, 15) is 4.21 Å². The van der Waals surface area contributed by atoms with Gasteiger partial charge in [-0.15, -0.1) is 11.3 Å². The van der Waals surface area contributed by atoms with Crippen LogP contribution in [0.1, 0.15) is 54.8 Å². The summed E-state index contributed by atoms with van der Waals surface area (Å²) in [5, 5.41) is 3.32. The Balaban J connectivity index is 1.61. The molecule has 0 N–H and O–H groups in total. The average Bonchev–Trinajstić information content (AvgIpc) is 3.20. The summed E-state index contributed by atoms with van der Waals surface area (Å²) in [6, 6.07) is 7.85. The van der Waals surface area contributed by atoms with E-state index < -0.39 is 10.8 Å². The molecule has 2 aromatic rings. The molecule has 0 saturated heterocycles. The molecule has 3 nitrogen and oxygen atoms in total. The van der Waals surface area contributed by atoms with Crippen molar-refractivity contribution in [2.45, 2.75) is 50.0 Å². The Hall–Kier alpha value is -1.20. The molecular weight excluding hydrogens is 326 g/mol. The summed E-state index contributed by atoms with van der Waals surface area (Å²) in [7, 11) is -0.960. The normalized spacial score (nSPS) is 16.6. The Bertz CT molecular complexity index is 663. The highest BCUT2D eigenvalue weighted by Crippen LogP contribution is 2.35. The van der Waals surface area contributed by atoms with Crippen molar-refractivity contribution in [3.05, 3.63) is 45.9 Å². The fourth-order valence-corrected chi connectivity index (χ4v) is 5.32. The van der Waals surface area contributed by atoms with Gasteiger partial charge in [0.15, 0.2) is 0 Å². The molecule has 1 heterocycles. The van der Waals surface area contributed by atoms with Crippen LogP contribution >= 0.6 is 11.3 Å². The molecule has 5 heteroatoms. The molecule has 0 aliphatic heterocycles.